The Labute approximate surface area is 299 Å². The van der Waals surface area contributed by atoms with Crippen molar-refractivity contribution in [2.24, 2.45) is 11.8 Å². The number of phenols is 2. The monoisotopic (exact) mass is 694 g/mol. The predicted octanol–water partition coefficient (Wildman–Crippen LogP) is 7.96. The van der Waals surface area contributed by atoms with E-state index in [0.717, 1.165) is 88.2 Å². The molecule has 0 aliphatic heterocycles. The lowest BCUT2D eigenvalue weighted by atomic mass is 9.98. The van der Waals surface area contributed by atoms with Crippen molar-refractivity contribution in [2.75, 3.05) is 0 Å². The number of hydrogen-bond donors (Lipinski definition) is 6. The molecule has 50 heavy (non-hydrogen) atoms. The van der Waals surface area contributed by atoms with E-state index in [0.29, 0.717) is 25.7 Å². The third kappa shape index (κ3) is 15.2. The lowest BCUT2D eigenvalue weighted by molar-refractivity contribution is -0.126. The summed E-state index contributed by atoms with van der Waals surface area (Å²) in [5.41, 5.74) is 11.9. The zero-order valence-corrected chi connectivity index (χ0v) is 30.9. The van der Waals surface area contributed by atoms with Gasteiger partial charge in [-0.3, -0.25) is 40.9 Å². The summed E-state index contributed by atoms with van der Waals surface area (Å²) in [5.74, 6) is -2.44. The standard InChI is InChI=1S/C40H62N4O6/c1-5-7-9-11-17-23-31-25-19-27-33(45)35(31)39(49)43-41-37(47)29(3)21-15-13-14-16-22-30(4)38(48)42-44-40(50)36-32(26-20-28-34(36)46)24-18-12-10-8-6-2/h19-20,25-30,45-46H,5-18,21-24H2,1-4H3,(H,41,47)(H,42,48)(H,43,49)(H,44,50). The third-order valence-corrected chi connectivity index (χ3v) is 9.33. The number of amides is 4. The molecule has 0 aromatic heterocycles. The topological polar surface area (TPSA) is 157 Å². The third-order valence-electron chi connectivity index (χ3n) is 9.33. The van der Waals surface area contributed by atoms with Crippen molar-refractivity contribution in [3.63, 3.8) is 0 Å². The Balaban J connectivity index is 1.66. The molecule has 0 heterocycles. The zero-order chi connectivity index (χ0) is 36.7. The molecule has 2 atom stereocenters. The molecule has 2 rings (SSSR count). The summed E-state index contributed by atoms with van der Waals surface area (Å²) in [6, 6.07) is 10.1. The van der Waals surface area contributed by atoms with Crippen LogP contribution in [-0.2, 0) is 22.4 Å². The first-order valence-electron chi connectivity index (χ1n) is 18.9. The largest absolute Gasteiger partial charge is 0.507 e. The number of phenolic OH excluding ortho intramolecular Hbond substituents is 2. The second-order valence-electron chi connectivity index (χ2n) is 13.6. The van der Waals surface area contributed by atoms with Crippen molar-refractivity contribution in [3.05, 3.63) is 58.7 Å². The van der Waals surface area contributed by atoms with E-state index in [1.54, 1.807) is 12.1 Å². The van der Waals surface area contributed by atoms with Crippen molar-refractivity contribution in [2.45, 2.75) is 143 Å². The molecular formula is C40H62N4O6. The summed E-state index contributed by atoms with van der Waals surface area (Å²) in [4.78, 5) is 51.0. The number of hydrazine groups is 2. The van der Waals surface area contributed by atoms with Gasteiger partial charge in [0.1, 0.15) is 11.5 Å². The summed E-state index contributed by atoms with van der Waals surface area (Å²) in [5, 5.41) is 20.7. The Kier molecular flexibility index (Phi) is 20.3. The highest BCUT2D eigenvalue weighted by molar-refractivity contribution is 6.00. The van der Waals surface area contributed by atoms with Crippen LogP contribution in [0.3, 0.4) is 0 Å². The molecule has 0 fully saturated rings. The van der Waals surface area contributed by atoms with Crippen LogP contribution in [0.5, 0.6) is 11.5 Å². The first-order chi connectivity index (χ1) is 24.1. The minimum atomic E-state index is -0.527. The number of rotatable bonds is 23. The van der Waals surface area contributed by atoms with Gasteiger partial charge in [0.15, 0.2) is 0 Å². The molecular weight excluding hydrogens is 632 g/mol. The normalized spacial score (nSPS) is 12.2. The van der Waals surface area contributed by atoms with Gasteiger partial charge in [0.25, 0.3) is 11.8 Å². The molecule has 0 aliphatic carbocycles. The van der Waals surface area contributed by atoms with Crippen molar-refractivity contribution in [1.29, 1.82) is 0 Å². The van der Waals surface area contributed by atoms with Crippen LogP contribution in [-0.4, -0.2) is 33.8 Å². The van der Waals surface area contributed by atoms with Crippen molar-refractivity contribution >= 4 is 23.6 Å². The summed E-state index contributed by atoms with van der Waals surface area (Å²) in [6.45, 7) is 7.96. The van der Waals surface area contributed by atoms with Gasteiger partial charge < -0.3 is 10.2 Å². The lowest BCUT2D eigenvalue weighted by Gasteiger charge is -2.16. The van der Waals surface area contributed by atoms with Crippen LogP contribution in [0.2, 0.25) is 0 Å². The Hall–Kier alpha value is -4.08. The van der Waals surface area contributed by atoms with E-state index in [1.807, 2.05) is 26.0 Å². The van der Waals surface area contributed by atoms with Gasteiger partial charge in [-0.2, -0.15) is 0 Å². The van der Waals surface area contributed by atoms with Crippen molar-refractivity contribution in [3.8, 4) is 11.5 Å². The Bertz CT molecular complexity index is 1250. The van der Waals surface area contributed by atoms with Gasteiger partial charge in [-0.1, -0.05) is 129 Å². The average Bonchev–Trinajstić information content (AvgIpc) is 3.10. The fourth-order valence-corrected chi connectivity index (χ4v) is 6.08. The van der Waals surface area contributed by atoms with Gasteiger partial charge >= 0.3 is 0 Å². The second kappa shape index (κ2) is 24.1. The number of hydrogen-bond acceptors (Lipinski definition) is 6. The van der Waals surface area contributed by atoms with Gasteiger partial charge in [-0.25, -0.2) is 0 Å². The molecule has 4 amide bonds. The molecule has 2 aromatic carbocycles. The Morgan fingerprint density at radius 2 is 0.880 bits per heavy atom. The molecule has 0 radical (unpaired) electrons. The number of carbonyl (C=O) groups is 4. The van der Waals surface area contributed by atoms with Gasteiger partial charge in [-0.15, -0.1) is 0 Å². The Morgan fingerprint density at radius 3 is 1.26 bits per heavy atom. The van der Waals surface area contributed by atoms with E-state index in [1.165, 1.54) is 25.0 Å². The van der Waals surface area contributed by atoms with Crippen LogP contribution in [0, 0.1) is 11.8 Å². The molecule has 0 saturated carbocycles. The molecule has 0 aliphatic rings. The van der Waals surface area contributed by atoms with E-state index < -0.39 is 11.8 Å². The number of benzene rings is 2. The fraction of sp³-hybridized carbons (Fsp3) is 0.600. The lowest BCUT2D eigenvalue weighted by Crippen LogP contribution is -2.44. The molecule has 0 spiro atoms. The highest BCUT2D eigenvalue weighted by atomic mass is 16.3. The number of carbonyl (C=O) groups excluding carboxylic acids is 4. The van der Waals surface area contributed by atoms with E-state index in [2.05, 4.69) is 35.6 Å². The summed E-state index contributed by atoms with van der Waals surface area (Å²) in [7, 11) is 0. The Morgan fingerprint density at radius 1 is 0.520 bits per heavy atom. The van der Waals surface area contributed by atoms with Crippen LogP contribution in [0.4, 0.5) is 0 Å². The number of aromatic hydroxyl groups is 2. The van der Waals surface area contributed by atoms with Crippen molar-refractivity contribution in [1.82, 2.24) is 21.7 Å². The first kappa shape index (κ1) is 42.1. The minimum Gasteiger partial charge on any atom is -0.507 e. The van der Waals surface area contributed by atoms with E-state index in [-0.39, 0.29) is 46.3 Å². The zero-order valence-electron chi connectivity index (χ0n) is 30.9. The molecule has 6 N–H and O–H groups in total. The first-order valence-corrected chi connectivity index (χ1v) is 18.9. The maximum atomic E-state index is 12.9. The maximum absolute atomic E-state index is 12.9. The molecule has 0 bridgehead atoms. The smallest absolute Gasteiger partial charge is 0.273 e. The van der Waals surface area contributed by atoms with Gasteiger partial charge in [-0.05, 0) is 61.8 Å². The van der Waals surface area contributed by atoms with Crippen LogP contribution in [0.25, 0.3) is 0 Å². The molecule has 10 heteroatoms. The molecule has 0 saturated heterocycles. The van der Waals surface area contributed by atoms with Crippen LogP contribution < -0.4 is 21.7 Å². The molecule has 2 unspecified atom stereocenters. The van der Waals surface area contributed by atoms with Crippen LogP contribution >= 0.6 is 0 Å². The summed E-state index contributed by atoms with van der Waals surface area (Å²) in [6.07, 6.45) is 17.0. The average molecular weight is 695 g/mol. The van der Waals surface area contributed by atoms with E-state index in [4.69, 9.17) is 0 Å². The van der Waals surface area contributed by atoms with Gasteiger partial charge in [0, 0.05) is 11.8 Å². The quantitative estimate of drug-likeness (QED) is 0.0512. The van der Waals surface area contributed by atoms with E-state index >= 15 is 0 Å². The second-order valence-corrected chi connectivity index (χ2v) is 13.6. The SMILES string of the molecule is CCCCCCCc1cccc(O)c1C(=O)NNC(=O)C(C)CCCCCCC(C)C(=O)NNC(=O)c1c(O)cccc1CCCCCCC. The highest BCUT2D eigenvalue weighted by Gasteiger charge is 2.20. The van der Waals surface area contributed by atoms with Gasteiger partial charge in [0.05, 0.1) is 11.1 Å². The summed E-state index contributed by atoms with van der Waals surface area (Å²) < 4.78 is 0. The number of unbranched alkanes of at least 4 members (excludes halogenated alkanes) is 11. The predicted molar refractivity (Wildman–Crippen MR) is 198 cm³/mol. The number of nitrogens with one attached hydrogen (secondary N) is 4. The summed E-state index contributed by atoms with van der Waals surface area (Å²) >= 11 is 0. The highest BCUT2D eigenvalue weighted by Crippen LogP contribution is 2.24. The fourth-order valence-electron chi connectivity index (χ4n) is 6.08. The molecule has 10 nitrogen and oxygen atoms in total. The maximum Gasteiger partial charge on any atom is 0.273 e. The molecule has 278 valence electrons. The van der Waals surface area contributed by atoms with Crippen LogP contribution in [0.1, 0.15) is 162 Å². The van der Waals surface area contributed by atoms with E-state index in [9.17, 15) is 29.4 Å². The number of aryl methyl sites for hydroxylation is 2. The van der Waals surface area contributed by atoms with Gasteiger partial charge in [0.2, 0.25) is 11.8 Å². The van der Waals surface area contributed by atoms with Crippen LogP contribution in [0.15, 0.2) is 36.4 Å². The minimum absolute atomic E-state index is 0.0997. The van der Waals surface area contributed by atoms with Crippen molar-refractivity contribution < 1.29 is 29.4 Å². The molecule has 2 aromatic rings.